The summed E-state index contributed by atoms with van der Waals surface area (Å²) in [4.78, 5) is 9.05. The second kappa shape index (κ2) is 5.13. The highest BCUT2D eigenvalue weighted by Crippen LogP contribution is 2.33. The van der Waals surface area contributed by atoms with E-state index in [-0.39, 0.29) is 0 Å². The van der Waals surface area contributed by atoms with E-state index in [0.717, 1.165) is 19.5 Å². The first-order chi connectivity index (χ1) is 8.45. The van der Waals surface area contributed by atoms with Gasteiger partial charge in [0.05, 0.1) is 5.69 Å². The highest BCUT2D eigenvalue weighted by molar-refractivity contribution is 5.29. The summed E-state index contributed by atoms with van der Waals surface area (Å²) in [7, 11) is 0. The zero-order valence-electron chi connectivity index (χ0n) is 10.4. The van der Waals surface area contributed by atoms with E-state index < -0.39 is 0 Å². The molecule has 1 saturated carbocycles. The third-order valence-electron chi connectivity index (χ3n) is 4.15. The molecule has 1 aliphatic carbocycles. The standard InChI is InChI=1S/C14H21N3/c1-2-4-6-11(5-3-1)14-12-9-15-8-7-13(12)16-10-17-14/h10-11,15H,1-9H2. The van der Waals surface area contributed by atoms with E-state index in [1.54, 1.807) is 6.33 Å². The Hall–Kier alpha value is -0.960. The minimum atomic E-state index is 0.689. The number of hydrogen-bond donors (Lipinski definition) is 1. The second-order valence-electron chi connectivity index (χ2n) is 5.30. The molecule has 3 rings (SSSR count). The van der Waals surface area contributed by atoms with E-state index in [9.17, 15) is 0 Å². The molecular weight excluding hydrogens is 210 g/mol. The van der Waals surface area contributed by atoms with Gasteiger partial charge in [-0.2, -0.15) is 0 Å². The highest BCUT2D eigenvalue weighted by Gasteiger charge is 2.22. The molecule has 0 saturated heterocycles. The number of rotatable bonds is 1. The predicted molar refractivity (Wildman–Crippen MR) is 67.9 cm³/mol. The SMILES string of the molecule is c1nc2c(c(C3CCCCCC3)n1)CNCC2. The van der Waals surface area contributed by atoms with E-state index in [1.165, 1.54) is 55.5 Å². The van der Waals surface area contributed by atoms with Gasteiger partial charge in [0.25, 0.3) is 0 Å². The molecule has 1 aliphatic heterocycles. The molecule has 17 heavy (non-hydrogen) atoms. The van der Waals surface area contributed by atoms with Gasteiger partial charge in [-0.05, 0) is 12.8 Å². The molecule has 1 aromatic heterocycles. The van der Waals surface area contributed by atoms with Crippen LogP contribution in [0.5, 0.6) is 0 Å². The molecule has 3 heteroatoms. The number of nitrogens with one attached hydrogen (secondary N) is 1. The van der Waals surface area contributed by atoms with E-state index in [2.05, 4.69) is 15.3 Å². The van der Waals surface area contributed by atoms with Crippen LogP contribution in [0.4, 0.5) is 0 Å². The molecular formula is C14H21N3. The highest BCUT2D eigenvalue weighted by atomic mass is 14.9. The van der Waals surface area contributed by atoms with Gasteiger partial charge in [0.1, 0.15) is 6.33 Å². The van der Waals surface area contributed by atoms with Gasteiger partial charge in [-0.15, -0.1) is 0 Å². The Balaban J connectivity index is 1.90. The van der Waals surface area contributed by atoms with Crippen molar-refractivity contribution in [3.8, 4) is 0 Å². The summed E-state index contributed by atoms with van der Waals surface area (Å²) in [5.41, 5.74) is 4.05. The lowest BCUT2D eigenvalue weighted by Crippen LogP contribution is -2.27. The molecule has 0 bridgehead atoms. The minimum Gasteiger partial charge on any atom is -0.312 e. The van der Waals surface area contributed by atoms with Crippen LogP contribution in [0, 0.1) is 0 Å². The molecule has 1 aromatic rings. The average molecular weight is 231 g/mol. The maximum atomic E-state index is 4.61. The van der Waals surface area contributed by atoms with Crippen molar-refractivity contribution in [3.63, 3.8) is 0 Å². The van der Waals surface area contributed by atoms with Gasteiger partial charge >= 0.3 is 0 Å². The number of hydrogen-bond acceptors (Lipinski definition) is 3. The smallest absolute Gasteiger partial charge is 0.115 e. The van der Waals surface area contributed by atoms with Crippen molar-refractivity contribution in [2.45, 2.75) is 57.4 Å². The Morgan fingerprint density at radius 3 is 2.71 bits per heavy atom. The molecule has 1 N–H and O–H groups in total. The summed E-state index contributed by atoms with van der Waals surface area (Å²) in [6.07, 6.45) is 11.0. The monoisotopic (exact) mass is 231 g/mol. The van der Waals surface area contributed by atoms with Gasteiger partial charge in [0, 0.05) is 36.7 Å². The summed E-state index contributed by atoms with van der Waals surface area (Å²) in [5.74, 6) is 0.689. The van der Waals surface area contributed by atoms with Gasteiger partial charge in [0.2, 0.25) is 0 Å². The fourth-order valence-corrected chi connectivity index (χ4v) is 3.20. The van der Waals surface area contributed by atoms with E-state index >= 15 is 0 Å². The number of nitrogens with zero attached hydrogens (tertiary/aromatic N) is 2. The Kier molecular flexibility index (Phi) is 3.36. The van der Waals surface area contributed by atoms with E-state index in [4.69, 9.17) is 0 Å². The Labute approximate surface area is 103 Å². The van der Waals surface area contributed by atoms with Crippen molar-refractivity contribution in [2.75, 3.05) is 6.54 Å². The minimum absolute atomic E-state index is 0.689. The molecule has 0 atom stereocenters. The first-order valence-corrected chi connectivity index (χ1v) is 6.98. The van der Waals surface area contributed by atoms with Gasteiger partial charge < -0.3 is 5.32 Å². The zero-order chi connectivity index (χ0) is 11.5. The van der Waals surface area contributed by atoms with Crippen LogP contribution in [0.15, 0.2) is 6.33 Å². The van der Waals surface area contributed by atoms with Crippen molar-refractivity contribution in [2.24, 2.45) is 0 Å². The van der Waals surface area contributed by atoms with Gasteiger partial charge in [-0.25, -0.2) is 9.97 Å². The molecule has 2 aliphatic rings. The fourth-order valence-electron chi connectivity index (χ4n) is 3.20. The number of fused-ring (bicyclic) bond motifs is 1. The quantitative estimate of drug-likeness (QED) is 0.755. The van der Waals surface area contributed by atoms with Crippen LogP contribution in [-0.2, 0) is 13.0 Å². The van der Waals surface area contributed by atoms with Gasteiger partial charge in [-0.1, -0.05) is 25.7 Å². The predicted octanol–water partition coefficient (Wildman–Crippen LogP) is 2.56. The van der Waals surface area contributed by atoms with Crippen LogP contribution >= 0.6 is 0 Å². The van der Waals surface area contributed by atoms with E-state index in [1.807, 2.05) is 0 Å². The van der Waals surface area contributed by atoms with Crippen molar-refractivity contribution >= 4 is 0 Å². The molecule has 0 aromatic carbocycles. The summed E-state index contributed by atoms with van der Waals surface area (Å²) in [6, 6.07) is 0. The summed E-state index contributed by atoms with van der Waals surface area (Å²) < 4.78 is 0. The van der Waals surface area contributed by atoms with Crippen LogP contribution in [0.25, 0.3) is 0 Å². The maximum absolute atomic E-state index is 4.61. The third kappa shape index (κ3) is 2.34. The zero-order valence-corrected chi connectivity index (χ0v) is 10.4. The Morgan fingerprint density at radius 2 is 1.88 bits per heavy atom. The lowest BCUT2D eigenvalue weighted by atomic mass is 9.91. The molecule has 0 spiro atoms. The Morgan fingerprint density at radius 1 is 1.06 bits per heavy atom. The molecule has 0 amide bonds. The molecule has 92 valence electrons. The Bertz CT molecular complexity index is 381. The van der Waals surface area contributed by atoms with Crippen molar-refractivity contribution in [1.29, 1.82) is 0 Å². The van der Waals surface area contributed by atoms with Crippen molar-refractivity contribution in [1.82, 2.24) is 15.3 Å². The van der Waals surface area contributed by atoms with Crippen LogP contribution < -0.4 is 5.32 Å². The van der Waals surface area contributed by atoms with Crippen LogP contribution in [0.2, 0.25) is 0 Å². The third-order valence-corrected chi connectivity index (χ3v) is 4.15. The number of aromatic nitrogens is 2. The lowest BCUT2D eigenvalue weighted by molar-refractivity contribution is 0.546. The van der Waals surface area contributed by atoms with Gasteiger partial charge in [0.15, 0.2) is 0 Å². The van der Waals surface area contributed by atoms with Gasteiger partial charge in [-0.3, -0.25) is 0 Å². The van der Waals surface area contributed by atoms with Crippen LogP contribution in [0.1, 0.15) is 61.4 Å². The summed E-state index contributed by atoms with van der Waals surface area (Å²) >= 11 is 0. The second-order valence-corrected chi connectivity index (χ2v) is 5.30. The molecule has 0 unspecified atom stereocenters. The molecule has 1 fully saturated rings. The topological polar surface area (TPSA) is 37.8 Å². The normalized spacial score (nSPS) is 21.9. The lowest BCUT2D eigenvalue weighted by Gasteiger charge is -2.22. The summed E-state index contributed by atoms with van der Waals surface area (Å²) in [5, 5.41) is 3.46. The van der Waals surface area contributed by atoms with Crippen molar-refractivity contribution in [3.05, 3.63) is 23.3 Å². The molecule has 3 nitrogen and oxygen atoms in total. The largest absolute Gasteiger partial charge is 0.312 e. The fraction of sp³-hybridized carbons (Fsp3) is 0.714. The first kappa shape index (κ1) is 11.1. The first-order valence-electron chi connectivity index (χ1n) is 6.98. The summed E-state index contributed by atoms with van der Waals surface area (Å²) in [6.45, 7) is 2.04. The van der Waals surface area contributed by atoms with Crippen LogP contribution in [0.3, 0.4) is 0 Å². The van der Waals surface area contributed by atoms with Crippen LogP contribution in [-0.4, -0.2) is 16.5 Å². The molecule has 0 radical (unpaired) electrons. The molecule has 2 heterocycles. The average Bonchev–Trinajstić information content (AvgIpc) is 2.67. The maximum Gasteiger partial charge on any atom is 0.115 e. The van der Waals surface area contributed by atoms with E-state index in [0.29, 0.717) is 5.92 Å². The van der Waals surface area contributed by atoms with Crippen molar-refractivity contribution < 1.29 is 0 Å².